The summed E-state index contributed by atoms with van der Waals surface area (Å²) in [5, 5.41) is 6.29. The van der Waals surface area contributed by atoms with Crippen molar-refractivity contribution in [3.63, 3.8) is 0 Å². The summed E-state index contributed by atoms with van der Waals surface area (Å²) in [5.74, 6) is 1.03. The molecule has 2 aromatic carbocycles. The number of hydrogen-bond donors (Lipinski definition) is 1. The van der Waals surface area contributed by atoms with Crippen LogP contribution in [0.15, 0.2) is 47.0 Å². The van der Waals surface area contributed by atoms with E-state index >= 15 is 0 Å². The quantitative estimate of drug-likeness (QED) is 0.746. The highest BCUT2D eigenvalue weighted by Crippen LogP contribution is 2.23. The SMILES string of the molecule is C[C@@H](N)c1nc(-c2ccc3ccccc3c2)no1. The lowest BCUT2D eigenvalue weighted by Crippen LogP contribution is -2.04. The molecule has 0 aliphatic rings. The van der Waals surface area contributed by atoms with Crippen molar-refractivity contribution in [1.29, 1.82) is 0 Å². The fraction of sp³-hybridized carbons (Fsp3) is 0.143. The van der Waals surface area contributed by atoms with Crippen LogP contribution in [-0.2, 0) is 0 Å². The smallest absolute Gasteiger partial charge is 0.243 e. The first-order valence-corrected chi connectivity index (χ1v) is 5.82. The van der Waals surface area contributed by atoms with Crippen molar-refractivity contribution in [2.24, 2.45) is 5.73 Å². The molecule has 0 saturated carbocycles. The number of nitrogens with two attached hydrogens (primary N) is 1. The molecule has 2 N–H and O–H groups in total. The fourth-order valence-corrected chi connectivity index (χ4v) is 1.87. The van der Waals surface area contributed by atoms with Gasteiger partial charge in [0, 0.05) is 5.56 Å². The van der Waals surface area contributed by atoms with Gasteiger partial charge in [0.05, 0.1) is 6.04 Å². The van der Waals surface area contributed by atoms with Gasteiger partial charge in [-0.05, 0) is 23.8 Å². The maximum Gasteiger partial charge on any atom is 0.243 e. The van der Waals surface area contributed by atoms with Crippen LogP contribution in [-0.4, -0.2) is 10.1 Å². The van der Waals surface area contributed by atoms with Gasteiger partial charge in [-0.3, -0.25) is 0 Å². The topological polar surface area (TPSA) is 64.9 Å². The van der Waals surface area contributed by atoms with E-state index in [2.05, 4.69) is 22.3 Å². The zero-order valence-corrected chi connectivity index (χ0v) is 10.00. The van der Waals surface area contributed by atoms with Crippen LogP contribution < -0.4 is 5.73 Å². The van der Waals surface area contributed by atoms with E-state index in [0.717, 1.165) is 10.9 Å². The monoisotopic (exact) mass is 239 g/mol. The molecule has 0 amide bonds. The molecule has 4 nitrogen and oxygen atoms in total. The Morgan fingerprint density at radius 1 is 1.11 bits per heavy atom. The molecule has 0 spiro atoms. The van der Waals surface area contributed by atoms with Crippen molar-refractivity contribution < 1.29 is 4.52 Å². The lowest BCUT2D eigenvalue weighted by Gasteiger charge is -1.99. The molecule has 1 aromatic heterocycles. The van der Waals surface area contributed by atoms with Crippen LogP contribution in [0.25, 0.3) is 22.2 Å². The number of benzene rings is 2. The largest absolute Gasteiger partial charge is 0.337 e. The van der Waals surface area contributed by atoms with E-state index in [0.29, 0.717) is 11.7 Å². The third-order valence-electron chi connectivity index (χ3n) is 2.84. The molecular formula is C14H13N3O. The van der Waals surface area contributed by atoms with Gasteiger partial charge in [-0.1, -0.05) is 41.6 Å². The normalized spacial score (nSPS) is 12.8. The molecule has 3 rings (SSSR count). The van der Waals surface area contributed by atoms with Crippen LogP contribution >= 0.6 is 0 Å². The summed E-state index contributed by atoms with van der Waals surface area (Å²) in [7, 11) is 0. The zero-order valence-electron chi connectivity index (χ0n) is 10.00. The first-order valence-electron chi connectivity index (χ1n) is 5.82. The second-order valence-corrected chi connectivity index (χ2v) is 4.31. The van der Waals surface area contributed by atoms with Gasteiger partial charge in [0.1, 0.15) is 0 Å². The average Bonchev–Trinajstić information content (AvgIpc) is 2.88. The van der Waals surface area contributed by atoms with E-state index < -0.39 is 0 Å². The summed E-state index contributed by atoms with van der Waals surface area (Å²) < 4.78 is 5.11. The molecule has 1 heterocycles. The average molecular weight is 239 g/mol. The Bertz CT molecular complexity index is 688. The molecule has 90 valence electrons. The van der Waals surface area contributed by atoms with Crippen LogP contribution in [0.4, 0.5) is 0 Å². The Morgan fingerprint density at radius 2 is 1.89 bits per heavy atom. The third-order valence-corrected chi connectivity index (χ3v) is 2.84. The van der Waals surface area contributed by atoms with Crippen molar-refractivity contribution in [2.45, 2.75) is 13.0 Å². The fourth-order valence-electron chi connectivity index (χ4n) is 1.87. The lowest BCUT2D eigenvalue weighted by atomic mass is 10.1. The van der Waals surface area contributed by atoms with Gasteiger partial charge in [0.15, 0.2) is 0 Å². The van der Waals surface area contributed by atoms with Crippen molar-refractivity contribution in [3.8, 4) is 11.4 Å². The lowest BCUT2D eigenvalue weighted by molar-refractivity contribution is 0.362. The Hall–Kier alpha value is -2.20. The van der Waals surface area contributed by atoms with Crippen molar-refractivity contribution in [1.82, 2.24) is 10.1 Å². The molecule has 0 aliphatic carbocycles. The van der Waals surface area contributed by atoms with Crippen molar-refractivity contribution in [3.05, 3.63) is 48.4 Å². The molecule has 4 heteroatoms. The molecule has 0 radical (unpaired) electrons. The van der Waals surface area contributed by atoms with Crippen molar-refractivity contribution in [2.75, 3.05) is 0 Å². The summed E-state index contributed by atoms with van der Waals surface area (Å²) in [6.45, 7) is 1.82. The minimum absolute atomic E-state index is 0.244. The molecule has 0 unspecified atom stereocenters. The summed E-state index contributed by atoms with van der Waals surface area (Å²) in [6.07, 6.45) is 0. The van der Waals surface area contributed by atoms with Crippen LogP contribution in [0.5, 0.6) is 0 Å². The molecule has 0 aliphatic heterocycles. The predicted molar refractivity (Wildman–Crippen MR) is 69.8 cm³/mol. The molecule has 0 bridgehead atoms. The molecule has 1 atom stereocenters. The van der Waals surface area contributed by atoms with Crippen LogP contribution in [0.3, 0.4) is 0 Å². The maximum absolute atomic E-state index is 5.70. The van der Waals surface area contributed by atoms with Gasteiger partial charge in [-0.15, -0.1) is 0 Å². The highest BCUT2D eigenvalue weighted by Gasteiger charge is 2.11. The number of fused-ring (bicyclic) bond motifs is 1. The van der Waals surface area contributed by atoms with Gasteiger partial charge in [0.2, 0.25) is 11.7 Å². The standard InChI is InChI=1S/C14H13N3O/c1-9(15)14-16-13(17-18-14)12-7-6-10-4-2-3-5-11(10)8-12/h2-9H,15H2,1H3/t9-/m1/s1. The van der Waals surface area contributed by atoms with E-state index in [9.17, 15) is 0 Å². The van der Waals surface area contributed by atoms with Gasteiger partial charge in [-0.2, -0.15) is 4.98 Å². The van der Waals surface area contributed by atoms with Gasteiger partial charge in [-0.25, -0.2) is 0 Å². The minimum atomic E-state index is -0.244. The number of rotatable bonds is 2. The highest BCUT2D eigenvalue weighted by atomic mass is 16.5. The van der Waals surface area contributed by atoms with E-state index in [1.165, 1.54) is 5.39 Å². The molecule has 3 aromatic rings. The number of hydrogen-bond acceptors (Lipinski definition) is 4. The maximum atomic E-state index is 5.70. The molecule has 0 saturated heterocycles. The van der Waals surface area contributed by atoms with E-state index in [-0.39, 0.29) is 6.04 Å². The predicted octanol–water partition coefficient (Wildman–Crippen LogP) is 2.91. The van der Waals surface area contributed by atoms with Crippen LogP contribution in [0.2, 0.25) is 0 Å². The second-order valence-electron chi connectivity index (χ2n) is 4.31. The summed E-state index contributed by atoms with van der Waals surface area (Å²) in [4.78, 5) is 4.28. The van der Waals surface area contributed by atoms with Gasteiger partial charge >= 0.3 is 0 Å². The van der Waals surface area contributed by atoms with E-state index in [1.807, 2.05) is 37.3 Å². The third kappa shape index (κ3) is 1.87. The number of aromatic nitrogens is 2. The van der Waals surface area contributed by atoms with E-state index in [4.69, 9.17) is 10.3 Å². The Kier molecular flexibility index (Phi) is 2.57. The molecule has 18 heavy (non-hydrogen) atoms. The zero-order chi connectivity index (χ0) is 12.5. The van der Waals surface area contributed by atoms with Gasteiger partial charge < -0.3 is 10.3 Å². The van der Waals surface area contributed by atoms with E-state index in [1.54, 1.807) is 0 Å². The molecule has 0 fully saturated rings. The Balaban J connectivity index is 2.07. The molecular weight excluding hydrogens is 226 g/mol. The summed E-state index contributed by atoms with van der Waals surface area (Å²) in [5.41, 5.74) is 6.63. The number of nitrogens with zero attached hydrogens (tertiary/aromatic N) is 2. The van der Waals surface area contributed by atoms with Crippen LogP contribution in [0.1, 0.15) is 18.9 Å². The van der Waals surface area contributed by atoms with Crippen molar-refractivity contribution >= 4 is 10.8 Å². The van der Waals surface area contributed by atoms with Gasteiger partial charge in [0.25, 0.3) is 0 Å². The first kappa shape index (κ1) is 10.9. The minimum Gasteiger partial charge on any atom is -0.337 e. The highest BCUT2D eigenvalue weighted by molar-refractivity contribution is 5.86. The first-order chi connectivity index (χ1) is 8.74. The van der Waals surface area contributed by atoms with Crippen LogP contribution in [0, 0.1) is 0 Å². The Morgan fingerprint density at radius 3 is 2.61 bits per heavy atom. The second kappa shape index (κ2) is 4.23. The Labute approximate surface area is 104 Å². The summed E-state index contributed by atoms with van der Waals surface area (Å²) in [6, 6.07) is 14.0. The summed E-state index contributed by atoms with van der Waals surface area (Å²) >= 11 is 0.